The first-order valence-electron chi connectivity index (χ1n) is 5.52. The number of sulfonamides is 1. The highest BCUT2D eigenvalue weighted by Gasteiger charge is 2.49. The van der Waals surface area contributed by atoms with Gasteiger partial charge in [0.25, 0.3) is 0 Å². The van der Waals surface area contributed by atoms with Crippen LogP contribution < -0.4 is 0 Å². The number of esters is 2. The summed E-state index contributed by atoms with van der Waals surface area (Å²) in [4.78, 5) is 22.7. The zero-order valence-electron chi connectivity index (χ0n) is 9.70. The zero-order valence-corrected chi connectivity index (χ0v) is 10.5. The number of cyclic esters (lactones) is 2. The molecule has 0 aromatic carbocycles. The van der Waals surface area contributed by atoms with Crippen molar-refractivity contribution < 1.29 is 22.7 Å². The zero-order chi connectivity index (χ0) is 13.5. The Bertz CT molecular complexity index is 535. The van der Waals surface area contributed by atoms with E-state index in [-0.39, 0.29) is 19.5 Å². The van der Waals surface area contributed by atoms with E-state index >= 15 is 0 Å². The van der Waals surface area contributed by atoms with Crippen LogP contribution in [-0.2, 0) is 24.3 Å². The van der Waals surface area contributed by atoms with Crippen molar-refractivity contribution in [1.82, 2.24) is 4.31 Å². The number of fused-ring (bicyclic) bond motifs is 1. The fraction of sp³-hybridized carbons (Fsp3) is 0.700. The van der Waals surface area contributed by atoms with Crippen LogP contribution in [0.2, 0.25) is 0 Å². The molecular formula is C10H12N2O5S. The summed E-state index contributed by atoms with van der Waals surface area (Å²) in [6.07, 6.45) is 0.257. The van der Waals surface area contributed by atoms with Gasteiger partial charge < -0.3 is 4.74 Å². The van der Waals surface area contributed by atoms with Gasteiger partial charge in [0.1, 0.15) is 0 Å². The predicted molar refractivity (Wildman–Crippen MR) is 58.3 cm³/mol. The lowest BCUT2D eigenvalue weighted by Crippen LogP contribution is -2.47. The third kappa shape index (κ3) is 1.89. The van der Waals surface area contributed by atoms with Gasteiger partial charge >= 0.3 is 11.9 Å². The van der Waals surface area contributed by atoms with Crippen molar-refractivity contribution in [1.29, 1.82) is 5.26 Å². The molecule has 0 bridgehead atoms. The van der Waals surface area contributed by atoms with Crippen LogP contribution in [0.1, 0.15) is 13.3 Å². The molecule has 0 aliphatic carbocycles. The average Bonchev–Trinajstić information content (AvgIpc) is 2.63. The van der Waals surface area contributed by atoms with Crippen molar-refractivity contribution in [2.24, 2.45) is 11.8 Å². The minimum absolute atomic E-state index is 0.0798. The topological polar surface area (TPSA) is 105 Å². The van der Waals surface area contributed by atoms with E-state index in [1.807, 2.05) is 0 Å². The Balaban J connectivity index is 2.20. The number of carbonyl (C=O) groups is 2. The SMILES string of the molecule is CC(C#N)S(=O)(=O)N1CCC2C(=O)OC(=O)C2C1. The molecule has 0 aromatic rings. The van der Waals surface area contributed by atoms with Crippen LogP contribution in [0.25, 0.3) is 0 Å². The molecule has 0 saturated carbocycles. The Labute approximate surface area is 104 Å². The van der Waals surface area contributed by atoms with Crippen LogP contribution in [0.15, 0.2) is 0 Å². The third-order valence-electron chi connectivity index (χ3n) is 3.37. The van der Waals surface area contributed by atoms with Crippen molar-refractivity contribution in [3.63, 3.8) is 0 Å². The second-order valence-electron chi connectivity index (χ2n) is 4.42. The van der Waals surface area contributed by atoms with Gasteiger partial charge in [-0.25, -0.2) is 8.42 Å². The molecule has 0 amide bonds. The number of hydrogen-bond acceptors (Lipinski definition) is 6. The highest BCUT2D eigenvalue weighted by molar-refractivity contribution is 7.89. The minimum atomic E-state index is -3.74. The van der Waals surface area contributed by atoms with Crippen LogP contribution >= 0.6 is 0 Å². The maximum absolute atomic E-state index is 12.0. The van der Waals surface area contributed by atoms with Crippen molar-refractivity contribution in [3.05, 3.63) is 0 Å². The Kier molecular flexibility index (Phi) is 3.12. The van der Waals surface area contributed by atoms with Gasteiger partial charge in [0.05, 0.1) is 17.9 Å². The van der Waals surface area contributed by atoms with Gasteiger partial charge in [-0.1, -0.05) is 0 Å². The summed E-state index contributed by atoms with van der Waals surface area (Å²) in [6.45, 7) is 1.35. The van der Waals surface area contributed by atoms with E-state index in [1.165, 1.54) is 6.92 Å². The van der Waals surface area contributed by atoms with Crippen LogP contribution in [-0.4, -0.2) is 43.0 Å². The molecule has 2 saturated heterocycles. The standard InChI is InChI=1S/C10H12N2O5S/c1-6(4-11)18(15,16)12-3-2-7-8(5-12)10(14)17-9(7)13/h6-8H,2-3,5H2,1H3. The summed E-state index contributed by atoms with van der Waals surface area (Å²) in [6, 6.07) is 1.67. The fourth-order valence-electron chi connectivity index (χ4n) is 2.21. The molecule has 2 rings (SSSR count). The van der Waals surface area contributed by atoms with Crippen LogP contribution in [0.3, 0.4) is 0 Å². The molecule has 2 aliphatic rings. The molecular weight excluding hydrogens is 260 g/mol. The second kappa shape index (κ2) is 4.33. The summed E-state index contributed by atoms with van der Waals surface area (Å²) in [5, 5.41) is 7.52. The summed E-state index contributed by atoms with van der Waals surface area (Å²) in [7, 11) is -3.74. The molecule has 2 heterocycles. The van der Waals surface area contributed by atoms with Crippen LogP contribution in [0.5, 0.6) is 0 Å². The normalized spacial score (nSPS) is 30.4. The smallest absolute Gasteiger partial charge is 0.318 e. The monoisotopic (exact) mass is 272 g/mol. The Hall–Kier alpha value is -1.46. The summed E-state index contributed by atoms with van der Waals surface area (Å²) < 4.78 is 29.5. The summed E-state index contributed by atoms with van der Waals surface area (Å²) in [5.41, 5.74) is 0. The van der Waals surface area contributed by atoms with Gasteiger partial charge in [-0.2, -0.15) is 9.57 Å². The molecule has 3 unspecified atom stereocenters. The molecule has 18 heavy (non-hydrogen) atoms. The lowest BCUT2D eigenvalue weighted by Gasteiger charge is -2.31. The van der Waals surface area contributed by atoms with Crippen molar-refractivity contribution >= 4 is 22.0 Å². The number of carbonyl (C=O) groups excluding carboxylic acids is 2. The number of nitrogens with zero attached hydrogens (tertiary/aromatic N) is 2. The first-order valence-corrected chi connectivity index (χ1v) is 7.02. The molecule has 0 aromatic heterocycles. The average molecular weight is 272 g/mol. The predicted octanol–water partition coefficient (Wildman–Crippen LogP) is -0.750. The first kappa shape index (κ1) is 13.0. The molecule has 98 valence electrons. The minimum Gasteiger partial charge on any atom is -0.393 e. The van der Waals surface area contributed by atoms with Gasteiger partial charge in [0, 0.05) is 13.1 Å². The fourth-order valence-corrected chi connectivity index (χ4v) is 3.52. The molecule has 0 radical (unpaired) electrons. The molecule has 2 aliphatic heterocycles. The van der Waals surface area contributed by atoms with Crippen LogP contribution in [0, 0.1) is 23.2 Å². The summed E-state index contributed by atoms with van der Waals surface area (Å²) >= 11 is 0. The van der Waals surface area contributed by atoms with E-state index in [0.29, 0.717) is 0 Å². The highest BCUT2D eigenvalue weighted by Crippen LogP contribution is 2.33. The van der Waals surface area contributed by atoms with E-state index < -0.39 is 39.0 Å². The lowest BCUT2D eigenvalue weighted by molar-refractivity contribution is -0.153. The number of ether oxygens (including phenoxy) is 1. The largest absolute Gasteiger partial charge is 0.393 e. The molecule has 2 fully saturated rings. The second-order valence-corrected chi connectivity index (χ2v) is 6.67. The molecule has 0 N–H and O–H groups in total. The quantitative estimate of drug-likeness (QED) is 0.484. The van der Waals surface area contributed by atoms with E-state index in [9.17, 15) is 18.0 Å². The summed E-state index contributed by atoms with van der Waals surface area (Å²) in [5.74, 6) is -2.52. The number of hydrogen-bond donors (Lipinski definition) is 0. The lowest BCUT2D eigenvalue weighted by atomic mass is 9.89. The number of nitriles is 1. The number of piperidine rings is 1. The van der Waals surface area contributed by atoms with Gasteiger partial charge in [0.2, 0.25) is 10.0 Å². The Morgan fingerprint density at radius 1 is 1.39 bits per heavy atom. The maximum Gasteiger partial charge on any atom is 0.318 e. The highest BCUT2D eigenvalue weighted by atomic mass is 32.2. The van der Waals surface area contributed by atoms with Crippen molar-refractivity contribution in [2.45, 2.75) is 18.6 Å². The van der Waals surface area contributed by atoms with Gasteiger partial charge in [-0.15, -0.1) is 0 Å². The van der Waals surface area contributed by atoms with E-state index in [0.717, 1.165) is 4.31 Å². The number of rotatable bonds is 2. The molecule has 7 nitrogen and oxygen atoms in total. The molecule has 0 spiro atoms. The van der Waals surface area contributed by atoms with Gasteiger partial charge in [0.15, 0.2) is 5.25 Å². The first-order chi connectivity index (χ1) is 8.37. The van der Waals surface area contributed by atoms with E-state index in [2.05, 4.69) is 4.74 Å². The van der Waals surface area contributed by atoms with E-state index in [1.54, 1.807) is 6.07 Å². The Morgan fingerprint density at radius 3 is 2.61 bits per heavy atom. The van der Waals surface area contributed by atoms with Crippen molar-refractivity contribution in [3.8, 4) is 6.07 Å². The molecule has 8 heteroatoms. The Morgan fingerprint density at radius 2 is 2.00 bits per heavy atom. The van der Waals surface area contributed by atoms with Crippen LogP contribution in [0.4, 0.5) is 0 Å². The van der Waals surface area contributed by atoms with E-state index in [4.69, 9.17) is 5.26 Å². The molecule has 3 atom stereocenters. The maximum atomic E-state index is 12.0. The van der Waals surface area contributed by atoms with Gasteiger partial charge in [-0.3, -0.25) is 9.59 Å². The third-order valence-corrected chi connectivity index (χ3v) is 5.42. The van der Waals surface area contributed by atoms with Gasteiger partial charge in [-0.05, 0) is 13.3 Å². The van der Waals surface area contributed by atoms with Crippen molar-refractivity contribution in [2.75, 3.05) is 13.1 Å².